The van der Waals surface area contributed by atoms with Crippen LogP contribution in [0.5, 0.6) is 0 Å². The van der Waals surface area contributed by atoms with E-state index in [1.807, 2.05) is 52.8 Å². The monoisotopic (exact) mass is 295 g/mol. The highest BCUT2D eigenvalue weighted by Gasteiger charge is 2.08. The lowest BCUT2D eigenvalue weighted by Crippen LogP contribution is -1.95. The molecule has 0 aliphatic carbocycles. The minimum Gasteiger partial charge on any atom is -0.258 e. The van der Waals surface area contributed by atoms with E-state index < -0.39 is 0 Å². The highest BCUT2D eigenvalue weighted by Crippen LogP contribution is 2.28. The molecule has 1 heterocycles. The van der Waals surface area contributed by atoms with Crippen LogP contribution in [0, 0.1) is 20.8 Å². The van der Waals surface area contributed by atoms with E-state index in [0.29, 0.717) is 0 Å². The van der Waals surface area contributed by atoms with Crippen LogP contribution in [0.1, 0.15) is 41.9 Å². The van der Waals surface area contributed by atoms with Crippen LogP contribution in [0.15, 0.2) is 47.1 Å². The summed E-state index contributed by atoms with van der Waals surface area (Å²) >= 11 is 0. The molecule has 1 aromatic carbocycles. The van der Waals surface area contributed by atoms with Gasteiger partial charge in [0.1, 0.15) is 0 Å². The Kier molecular flexibility index (Phi) is 6.64. The average Bonchev–Trinajstić information content (AvgIpc) is 2.51. The van der Waals surface area contributed by atoms with E-state index in [-0.39, 0.29) is 0 Å². The van der Waals surface area contributed by atoms with Crippen LogP contribution in [0.2, 0.25) is 0 Å². The van der Waals surface area contributed by atoms with Gasteiger partial charge in [0.25, 0.3) is 0 Å². The Balaban J connectivity index is 0.00000116. The van der Waals surface area contributed by atoms with Gasteiger partial charge >= 0.3 is 0 Å². The van der Waals surface area contributed by atoms with Crippen LogP contribution in [-0.2, 0) is 0 Å². The summed E-state index contributed by atoms with van der Waals surface area (Å²) in [6.45, 7) is 14.2. The van der Waals surface area contributed by atoms with Crippen LogP contribution in [0.3, 0.4) is 0 Å². The zero-order chi connectivity index (χ0) is 16.7. The molecule has 2 aromatic rings. The van der Waals surface area contributed by atoms with Gasteiger partial charge in [-0.05, 0) is 55.7 Å². The van der Waals surface area contributed by atoms with Crippen LogP contribution in [0.4, 0.5) is 5.69 Å². The van der Waals surface area contributed by atoms with Crippen LogP contribution >= 0.6 is 0 Å². The van der Waals surface area contributed by atoms with Crippen molar-refractivity contribution < 1.29 is 0 Å². The van der Waals surface area contributed by atoms with Gasteiger partial charge in [0, 0.05) is 24.0 Å². The Morgan fingerprint density at radius 1 is 1.05 bits per heavy atom. The molecule has 3 nitrogen and oxygen atoms in total. The second kappa shape index (κ2) is 8.23. The largest absolute Gasteiger partial charge is 0.258 e. The van der Waals surface area contributed by atoms with Crippen molar-refractivity contribution in [2.24, 2.45) is 10.2 Å². The summed E-state index contributed by atoms with van der Waals surface area (Å²) in [5.41, 5.74) is 7.16. The molecule has 0 spiro atoms. The molecule has 0 bridgehead atoms. The first-order valence-corrected chi connectivity index (χ1v) is 7.57. The number of hydrogen-bond acceptors (Lipinski definition) is 3. The van der Waals surface area contributed by atoms with Crippen LogP contribution < -0.4 is 0 Å². The first-order chi connectivity index (χ1) is 10.5. The average molecular weight is 295 g/mol. The summed E-state index contributed by atoms with van der Waals surface area (Å²) in [6, 6.07) is 10.2. The summed E-state index contributed by atoms with van der Waals surface area (Å²) < 4.78 is 0. The number of aromatic nitrogens is 1. The molecule has 3 heteroatoms. The molecular weight excluding hydrogens is 270 g/mol. The molecule has 22 heavy (non-hydrogen) atoms. The molecule has 0 fully saturated rings. The molecule has 0 saturated carbocycles. The standard InChI is InChI=1S/C17H19N3.C2H6/c1-11-10-15(7-9-17(11)20-18-5)13(3)16-8-6-12(2)19-14(16)4;1-2/h6-10H,3H2,1-2,4-5H3;1-2H3. The number of azo groups is 1. The van der Waals surface area contributed by atoms with E-state index >= 15 is 0 Å². The second-order valence-electron chi connectivity index (χ2n) is 4.87. The molecule has 116 valence electrons. The Labute approximate surface area is 133 Å². The number of hydrogen-bond donors (Lipinski definition) is 0. The Bertz CT molecular complexity index is 685. The molecule has 1 aromatic heterocycles. The molecule has 0 unspecified atom stereocenters. The van der Waals surface area contributed by atoms with Crippen molar-refractivity contribution in [2.45, 2.75) is 34.6 Å². The van der Waals surface area contributed by atoms with E-state index in [9.17, 15) is 0 Å². The maximum Gasteiger partial charge on any atom is 0.0881 e. The van der Waals surface area contributed by atoms with Crippen molar-refractivity contribution in [3.05, 3.63) is 65.0 Å². The van der Waals surface area contributed by atoms with Crippen molar-refractivity contribution >= 4 is 11.3 Å². The number of nitrogens with zero attached hydrogens (tertiary/aromatic N) is 3. The summed E-state index contributed by atoms with van der Waals surface area (Å²) in [5.74, 6) is 0. The molecule has 0 aliphatic rings. The molecule has 0 N–H and O–H groups in total. The minimum atomic E-state index is 0.891. The SMILES string of the molecule is C=C(c1ccc(N=NC)c(C)c1)c1ccc(C)nc1C.CC. The van der Waals surface area contributed by atoms with E-state index in [0.717, 1.165) is 39.3 Å². The quantitative estimate of drug-likeness (QED) is 0.658. The highest BCUT2D eigenvalue weighted by molar-refractivity contribution is 5.80. The van der Waals surface area contributed by atoms with Crippen molar-refractivity contribution in [3.8, 4) is 0 Å². The van der Waals surface area contributed by atoms with Gasteiger partial charge in [0.15, 0.2) is 0 Å². The van der Waals surface area contributed by atoms with Gasteiger partial charge in [0.05, 0.1) is 5.69 Å². The van der Waals surface area contributed by atoms with Gasteiger partial charge in [-0.15, -0.1) is 0 Å². The topological polar surface area (TPSA) is 37.6 Å². The third kappa shape index (κ3) is 4.10. The van der Waals surface area contributed by atoms with E-state index in [4.69, 9.17) is 0 Å². The molecule has 0 radical (unpaired) electrons. The van der Waals surface area contributed by atoms with E-state index in [1.54, 1.807) is 7.05 Å². The van der Waals surface area contributed by atoms with Crippen molar-refractivity contribution in [1.29, 1.82) is 0 Å². The summed E-state index contributed by atoms with van der Waals surface area (Å²) in [4.78, 5) is 4.50. The normalized spacial score (nSPS) is 10.3. The second-order valence-corrected chi connectivity index (χ2v) is 4.87. The number of pyridine rings is 1. The number of benzene rings is 1. The molecule has 0 aliphatic heterocycles. The fourth-order valence-corrected chi connectivity index (χ4v) is 2.22. The summed E-state index contributed by atoms with van der Waals surface area (Å²) in [7, 11) is 1.67. The van der Waals surface area contributed by atoms with E-state index in [2.05, 4.69) is 33.9 Å². The van der Waals surface area contributed by atoms with Gasteiger partial charge in [0.2, 0.25) is 0 Å². The van der Waals surface area contributed by atoms with Gasteiger partial charge in [-0.1, -0.05) is 32.6 Å². The Hall–Kier alpha value is -2.29. The summed E-state index contributed by atoms with van der Waals surface area (Å²) in [5, 5.41) is 7.91. The maximum absolute atomic E-state index is 4.50. The predicted octanol–water partition coefficient (Wildman–Crippen LogP) is 5.81. The van der Waals surface area contributed by atoms with Gasteiger partial charge < -0.3 is 0 Å². The van der Waals surface area contributed by atoms with Crippen molar-refractivity contribution in [1.82, 2.24) is 4.98 Å². The van der Waals surface area contributed by atoms with Crippen LogP contribution in [0.25, 0.3) is 5.57 Å². The molecule has 0 amide bonds. The molecule has 0 atom stereocenters. The van der Waals surface area contributed by atoms with Crippen LogP contribution in [-0.4, -0.2) is 12.0 Å². The number of aryl methyl sites for hydroxylation is 3. The first-order valence-electron chi connectivity index (χ1n) is 7.57. The maximum atomic E-state index is 4.50. The Morgan fingerprint density at radius 3 is 2.27 bits per heavy atom. The third-order valence-electron chi connectivity index (χ3n) is 3.30. The highest BCUT2D eigenvalue weighted by atomic mass is 15.1. The smallest absolute Gasteiger partial charge is 0.0881 e. The molecular formula is C19H25N3. The summed E-state index contributed by atoms with van der Waals surface area (Å²) in [6.07, 6.45) is 0. The van der Waals surface area contributed by atoms with Crippen molar-refractivity contribution in [2.75, 3.05) is 7.05 Å². The molecule has 0 saturated heterocycles. The zero-order valence-corrected chi connectivity index (χ0v) is 14.4. The first kappa shape index (κ1) is 17.8. The lowest BCUT2D eigenvalue weighted by Gasteiger charge is -2.11. The van der Waals surface area contributed by atoms with E-state index in [1.165, 1.54) is 0 Å². The minimum absolute atomic E-state index is 0.891. The number of rotatable bonds is 3. The fraction of sp³-hybridized carbons (Fsp3) is 0.316. The fourth-order valence-electron chi connectivity index (χ4n) is 2.22. The van der Waals surface area contributed by atoms with Crippen molar-refractivity contribution in [3.63, 3.8) is 0 Å². The van der Waals surface area contributed by atoms with Gasteiger partial charge in [-0.3, -0.25) is 4.98 Å². The Morgan fingerprint density at radius 2 is 1.73 bits per heavy atom. The predicted molar refractivity (Wildman–Crippen MR) is 94.8 cm³/mol. The van der Waals surface area contributed by atoms with Gasteiger partial charge in [-0.25, -0.2) is 0 Å². The zero-order valence-electron chi connectivity index (χ0n) is 14.4. The third-order valence-corrected chi connectivity index (χ3v) is 3.30. The lowest BCUT2D eigenvalue weighted by molar-refractivity contribution is 1.11. The molecule has 2 rings (SSSR count). The lowest BCUT2D eigenvalue weighted by atomic mass is 9.96. The van der Waals surface area contributed by atoms with Gasteiger partial charge in [-0.2, -0.15) is 10.2 Å².